The maximum absolute atomic E-state index is 12.4. The van der Waals surface area contributed by atoms with E-state index in [1.54, 1.807) is 25.3 Å². The minimum absolute atomic E-state index is 0.222. The van der Waals surface area contributed by atoms with Crippen LogP contribution in [0, 0.1) is 6.92 Å². The van der Waals surface area contributed by atoms with Gasteiger partial charge in [-0.15, -0.1) is 0 Å². The standard InChI is InChI=1S/C13H15N5O2S/c1-9-15-13(21-17-9)16-12(19)10-3-2-4-14-11(10)18-5-7-20-8-6-18/h2-4H,5-8H2,1H3,(H,15,16,17,19). The molecule has 8 heteroatoms. The molecule has 0 spiro atoms. The lowest BCUT2D eigenvalue weighted by atomic mass is 10.2. The van der Waals surface area contributed by atoms with E-state index in [1.165, 1.54) is 11.5 Å². The van der Waals surface area contributed by atoms with Crippen molar-refractivity contribution in [1.82, 2.24) is 14.3 Å². The summed E-state index contributed by atoms with van der Waals surface area (Å²) < 4.78 is 9.38. The van der Waals surface area contributed by atoms with E-state index in [0.29, 0.717) is 35.6 Å². The number of hydrogen-bond acceptors (Lipinski definition) is 7. The average molecular weight is 305 g/mol. The van der Waals surface area contributed by atoms with Crippen molar-refractivity contribution < 1.29 is 9.53 Å². The molecule has 3 rings (SSSR count). The lowest BCUT2D eigenvalue weighted by molar-refractivity contribution is 0.102. The van der Waals surface area contributed by atoms with Crippen LogP contribution in [0.4, 0.5) is 10.9 Å². The van der Waals surface area contributed by atoms with Crippen LogP contribution in [0.2, 0.25) is 0 Å². The summed E-state index contributed by atoms with van der Waals surface area (Å²) in [6.45, 7) is 4.54. The highest BCUT2D eigenvalue weighted by molar-refractivity contribution is 7.09. The van der Waals surface area contributed by atoms with Gasteiger partial charge < -0.3 is 9.64 Å². The second kappa shape index (κ2) is 6.15. The van der Waals surface area contributed by atoms with Gasteiger partial charge in [0, 0.05) is 30.8 Å². The van der Waals surface area contributed by atoms with Crippen LogP contribution >= 0.6 is 11.5 Å². The zero-order valence-electron chi connectivity index (χ0n) is 11.6. The third-order valence-corrected chi connectivity index (χ3v) is 3.81. The highest BCUT2D eigenvalue weighted by atomic mass is 32.1. The molecular formula is C13H15N5O2S. The van der Waals surface area contributed by atoms with E-state index in [9.17, 15) is 4.79 Å². The summed E-state index contributed by atoms with van der Waals surface area (Å²) in [6.07, 6.45) is 1.69. The smallest absolute Gasteiger partial charge is 0.261 e. The molecule has 0 aliphatic carbocycles. The Morgan fingerprint density at radius 2 is 2.24 bits per heavy atom. The summed E-state index contributed by atoms with van der Waals surface area (Å²) in [5.41, 5.74) is 0.534. The van der Waals surface area contributed by atoms with Crippen LogP contribution in [0.3, 0.4) is 0 Å². The van der Waals surface area contributed by atoms with E-state index < -0.39 is 0 Å². The van der Waals surface area contributed by atoms with E-state index in [0.717, 1.165) is 13.1 Å². The molecule has 2 aromatic heterocycles. The molecule has 21 heavy (non-hydrogen) atoms. The Morgan fingerprint density at radius 1 is 1.43 bits per heavy atom. The summed E-state index contributed by atoms with van der Waals surface area (Å²) in [5.74, 6) is 1.11. The number of carbonyl (C=O) groups excluding carboxylic acids is 1. The fourth-order valence-electron chi connectivity index (χ4n) is 2.11. The Labute approximate surface area is 126 Å². The number of hydrogen-bond donors (Lipinski definition) is 1. The minimum atomic E-state index is -0.222. The molecule has 0 atom stereocenters. The van der Waals surface area contributed by atoms with Crippen molar-refractivity contribution in [3.8, 4) is 0 Å². The van der Waals surface area contributed by atoms with Crippen molar-refractivity contribution in [2.75, 3.05) is 36.5 Å². The molecule has 110 valence electrons. The number of aromatic nitrogens is 3. The molecule has 1 aliphatic heterocycles. The fourth-order valence-corrected chi connectivity index (χ4v) is 2.68. The van der Waals surface area contributed by atoms with Crippen LogP contribution in [-0.4, -0.2) is 46.6 Å². The van der Waals surface area contributed by atoms with Crippen LogP contribution in [0.1, 0.15) is 16.2 Å². The third kappa shape index (κ3) is 3.17. The summed E-state index contributed by atoms with van der Waals surface area (Å²) in [6, 6.07) is 3.52. The first-order chi connectivity index (χ1) is 10.2. The third-order valence-electron chi connectivity index (χ3n) is 3.09. The molecule has 1 amide bonds. The van der Waals surface area contributed by atoms with E-state index >= 15 is 0 Å². The number of ether oxygens (including phenoxy) is 1. The van der Waals surface area contributed by atoms with E-state index in [1.807, 2.05) is 0 Å². The zero-order chi connectivity index (χ0) is 14.7. The first-order valence-electron chi connectivity index (χ1n) is 6.63. The van der Waals surface area contributed by atoms with Gasteiger partial charge in [0.1, 0.15) is 11.6 Å². The highest BCUT2D eigenvalue weighted by Crippen LogP contribution is 2.20. The number of aryl methyl sites for hydroxylation is 1. The summed E-state index contributed by atoms with van der Waals surface area (Å²) in [4.78, 5) is 23.0. The Hall–Kier alpha value is -2.06. The van der Waals surface area contributed by atoms with Gasteiger partial charge in [-0.05, 0) is 19.1 Å². The molecule has 2 aromatic rings. The van der Waals surface area contributed by atoms with Gasteiger partial charge in [0.05, 0.1) is 18.8 Å². The van der Waals surface area contributed by atoms with Gasteiger partial charge in [-0.3, -0.25) is 10.1 Å². The molecule has 0 unspecified atom stereocenters. The molecule has 3 heterocycles. The molecule has 1 fully saturated rings. The Kier molecular flexibility index (Phi) is 4.07. The first-order valence-corrected chi connectivity index (χ1v) is 7.41. The van der Waals surface area contributed by atoms with Gasteiger partial charge in [-0.1, -0.05) is 0 Å². The Bertz CT molecular complexity index is 639. The predicted octanol–water partition coefficient (Wildman–Crippen LogP) is 1.33. The van der Waals surface area contributed by atoms with Gasteiger partial charge in [0.2, 0.25) is 5.13 Å². The van der Waals surface area contributed by atoms with Crippen LogP contribution < -0.4 is 10.2 Å². The second-order valence-electron chi connectivity index (χ2n) is 4.57. The lowest BCUT2D eigenvalue weighted by Gasteiger charge is -2.28. The monoisotopic (exact) mass is 305 g/mol. The van der Waals surface area contributed by atoms with Gasteiger partial charge >= 0.3 is 0 Å². The SMILES string of the molecule is Cc1nsc(NC(=O)c2cccnc2N2CCOCC2)n1. The van der Waals surface area contributed by atoms with E-state index in [-0.39, 0.29) is 5.91 Å². The van der Waals surface area contributed by atoms with Gasteiger partial charge in [0.15, 0.2) is 0 Å². The highest BCUT2D eigenvalue weighted by Gasteiger charge is 2.20. The van der Waals surface area contributed by atoms with Crippen molar-refractivity contribution in [3.63, 3.8) is 0 Å². The number of morpholine rings is 1. The van der Waals surface area contributed by atoms with E-state index in [4.69, 9.17) is 4.74 Å². The topological polar surface area (TPSA) is 80.2 Å². The second-order valence-corrected chi connectivity index (χ2v) is 5.33. The fraction of sp³-hybridized carbons (Fsp3) is 0.385. The molecule has 7 nitrogen and oxygen atoms in total. The predicted molar refractivity (Wildman–Crippen MR) is 79.9 cm³/mol. The zero-order valence-corrected chi connectivity index (χ0v) is 12.4. The molecule has 1 N–H and O–H groups in total. The number of nitrogens with one attached hydrogen (secondary N) is 1. The quantitative estimate of drug-likeness (QED) is 0.921. The lowest BCUT2D eigenvalue weighted by Crippen LogP contribution is -2.38. The number of pyridine rings is 1. The Morgan fingerprint density at radius 3 is 2.95 bits per heavy atom. The minimum Gasteiger partial charge on any atom is -0.378 e. The number of anilines is 2. The van der Waals surface area contributed by atoms with Crippen LogP contribution in [-0.2, 0) is 4.74 Å². The number of amides is 1. The van der Waals surface area contributed by atoms with Crippen molar-refractivity contribution in [1.29, 1.82) is 0 Å². The molecule has 1 saturated heterocycles. The molecule has 0 saturated carbocycles. The van der Waals surface area contributed by atoms with Crippen molar-refractivity contribution in [2.45, 2.75) is 6.92 Å². The molecule has 0 bridgehead atoms. The van der Waals surface area contributed by atoms with Crippen molar-refractivity contribution in [3.05, 3.63) is 29.7 Å². The van der Waals surface area contributed by atoms with Crippen molar-refractivity contribution >= 4 is 28.4 Å². The summed E-state index contributed by atoms with van der Waals surface area (Å²) >= 11 is 1.17. The molecule has 0 aromatic carbocycles. The van der Waals surface area contributed by atoms with Gasteiger partial charge in [-0.2, -0.15) is 4.37 Å². The molecule has 1 aliphatic rings. The van der Waals surface area contributed by atoms with Crippen LogP contribution in [0.5, 0.6) is 0 Å². The normalized spacial score (nSPS) is 15.0. The molecule has 0 radical (unpaired) electrons. The largest absolute Gasteiger partial charge is 0.378 e. The summed E-state index contributed by atoms with van der Waals surface area (Å²) in [5, 5.41) is 3.26. The molecular weight excluding hydrogens is 290 g/mol. The average Bonchev–Trinajstić information content (AvgIpc) is 2.93. The summed E-state index contributed by atoms with van der Waals surface area (Å²) in [7, 11) is 0. The van der Waals surface area contributed by atoms with Gasteiger partial charge in [-0.25, -0.2) is 9.97 Å². The maximum atomic E-state index is 12.4. The maximum Gasteiger partial charge on any atom is 0.261 e. The van der Waals surface area contributed by atoms with E-state index in [2.05, 4.69) is 24.6 Å². The van der Waals surface area contributed by atoms with Crippen LogP contribution in [0.15, 0.2) is 18.3 Å². The van der Waals surface area contributed by atoms with Crippen molar-refractivity contribution in [2.24, 2.45) is 0 Å². The first kappa shape index (κ1) is 13.9. The number of carbonyl (C=O) groups is 1. The van der Waals surface area contributed by atoms with Crippen LogP contribution in [0.25, 0.3) is 0 Å². The number of rotatable bonds is 3. The number of nitrogens with zero attached hydrogens (tertiary/aromatic N) is 4. The Balaban J connectivity index is 1.82. The van der Waals surface area contributed by atoms with Gasteiger partial charge in [0.25, 0.3) is 5.91 Å².